The van der Waals surface area contributed by atoms with E-state index in [1.165, 1.54) is 32.1 Å². The van der Waals surface area contributed by atoms with E-state index < -0.39 is 12.1 Å². The highest BCUT2D eigenvalue weighted by atomic mass is 16.6. The van der Waals surface area contributed by atoms with E-state index in [9.17, 15) is 20.1 Å². The molecular weight excluding hydrogens is 420 g/mol. The predicted octanol–water partition coefficient (Wildman–Crippen LogP) is 5.47. The van der Waals surface area contributed by atoms with Gasteiger partial charge in [0.1, 0.15) is 12.2 Å². The largest absolute Gasteiger partial charge is 0.481 e. The van der Waals surface area contributed by atoms with E-state index in [0.29, 0.717) is 0 Å². The van der Waals surface area contributed by atoms with E-state index in [1.54, 1.807) is 0 Å². The third kappa shape index (κ3) is 10.6. The zero-order valence-corrected chi connectivity index (χ0v) is 21.3. The minimum Gasteiger partial charge on any atom is -0.481 e. The molecule has 0 aliphatic carbocycles. The van der Waals surface area contributed by atoms with Crippen LogP contribution in [-0.2, 0) is 14.3 Å². The molecule has 8 atom stereocenters. The number of aliphatic carboxylic acids is 1. The lowest BCUT2D eigenvalue weighted by Crippen LogP contribution is -2.22. The molecule has 2 fully saturated rings. The Hall–Kier alpha value is -0.690. The van der Waals surface area contributed by atoms with Gasteiger partial charge in [0.25, 0.3) is 0 Å². The number of ether oxygens (including phenoxy) is 2. The topological polar surface area (TPSA) is 103 Å². The monoisotopic (exact) mass is 470 g/mol. The Bertz CT molecular complexity index is 541. The van der Waals surface area contributed by atoms with Crippen molar-refractivity contribution in [2.75, 3.05) is 0 Å². The first-order valence-corrected chi connectivity index (χ1v) is 13.8. The molecule has 3 N–H and O–H groups in total. The Morgan fingerprint density at radius 3 is 1.94 bits per heavy atom. The molecule has 0 spiro atoms. The average Bonchev–Trinajstić information content (AvgIpc) is 3.70. The van der Waals surface area contributed by atoms with E-state index >= 15 is 0 Å². The fourth-order valence-corrected chi connectivity index (χ4v) is 5.19. The lowest BCUT2D eigenvalue weighted by molar-refractivity contribution is -0.143. The van der Waals surface area contributed by atoms with Crippen molar-refractivity contribution in [1.29, 1.82) is 0 Å². The van der Waals surface area contributed by atoms with Crippen LogP contribution >= 0.6 is 0 Å². The second-order valence-electron chi connectivity index (χ2n) is 10.5. The van der Waals surface area contributed by atoms with Crippen LogP contribution in [0, 0.1) is 11.8 Å². The van der Waals surface area contributed by atoms with Gasteiger partial charge in [-0.2, -0.15) is 0 Å². The molecule has 2 aliphatic heterocycles. The first-order chi connectivity index (χ1) is 15.9. The van der Waals surface area contributed by atoms with Crippen molar-refractivity contribution in [3.63, 3.8) is 0 Å². The van der Waals surface area contributed by atoms with Crippen molar-refractivity contribution in [3.8, 4) is 0 Å². The minimum atomic E-state index is -0.734. The molecule has 2 rings (SSSR count). The van der Waals surface area contributed by atoms with Crippen LogP contribution in [0.25, 0.3) is 0 Å². The van der Waals surface area contributed by atoms with E-state index in [1.807, 2.05) is 6.92 Å². The summed E-state index contributed by atoms with van der Waals surface area (Å²) < 4.78 is 11.4. The van der Waals surface area contributed by atoms with Crippen LogP contribution < -0.4 is 0 Å². The summed E-state index contributed by atoms with van der Waals surface area (Å²) >= 11 is 0. The maximum atomic E-state index is 11.6. The molecular formula is C27H50O6. The normalized spacial score (nSPS) is 27.7. The number of aliphatic hydroxyl groups excluding tert-OH is 2. The summed E-state index contributed by atoms with van der Waals surface area (Å²) in [7, 11) is 0. The third-order valence-electron chi connectivity index (χ3n) is 7.67. The van der Waals surface area contributed by atoms with Crippen LogP contribution in [0.15, 0.2) is 0 Å². The van der Waals surface area contributed by atoms with E-state index in [2.05, 4.69) is 13.8 Å². The SMILES string of the molecule is CCCCCCCCC(O)C1OC1CCCCC(CCC1OC1C(O)CCC)C(C)C(=O)O. The number of carboxylic acids is 1. The summed E-state index contributed by atoms with van der Waals surface area (Å²) in [5.41, 5.74) is 0. The molecule has 0 aromatic carbocycles. The molecule has 2 heterocycles. The molecule has 0 saturated carbocycles. The summed E-state index contributed by atoms with van der Waals surface area (Å²) in [5.74, 6) is -0.973. The number of hydrogen-bond acceptors (Lipinski definition) is 5. The molecule has 0 amide bonds. The van der Waals surface area contributed by atoms with Gasteiger partial charge in [-0.25, -0.2) is 0 Å². The summed E-state index contributed by atoms with van der Waals surface area (Å²) in [6.07, 6.45) is 14.9. The first-order valence-electron chi connectivity index (χ1n) is 13.8. The van der Waals surface area contributed by atoms with Gasteiger partial charge in [0.05, 0.1) is 30.3 Å². The number of rotatable bonds is 21. The summed E-state index contributed by atoms with van der Waals surface area (Å²) in [5, 5.41) is 29.9. The van der Waals surface area contributed by atoms with Gasteiger partial charge >= 0.3 is 5.97 Å². The van der Waals surface area contributed by atoms with Crippen molar-refractivity contribution in [3.05, 3.63) is 0 Å². The quantitative estimate of drug-likeness (QED) is 0.152. The molecule has 0 aromatic rings. The summed E-state index contributed by atoms with van der Waals surface area (Å²) in [6, 6.07) is 0. The molecule has 33 heavy (non-hydrogen) atoms. The summed E-state index contributed by atoms with van der Waals surface area (Å²) in [6.45, 7) is 6.08. The van der Waals surface area contributed by atoms with Crippen molar-refractivity contribution in [2.45, 2.75) is 154 Å². The predicted molar refractivity (Wildman–Crippen MR) is 130 cm³/mol. The zero-order valence-electron chi connectivity index (χ0n) is 21.3. The van der Waals surface area contributed by atoms with Crippen molar-refractivity contribution >= 4 is 5.97 Å². The Balaban J connectivity index is 1.58. The van der Waals surface area contributed by atoms with E-state index in [-0.39, 0.29) is 42.4 Å². The number of hydrogen-bond donors (Lipinski definition) is 3. The fourth-order valence-electron chi connectivity index (χ4n) is 5.19. The van der Waals surface area contributed by atoms with Gasteiger partial charge in [0.2, 0.25) is 0 Å². The maximum Gasteiger partial charge on any atom is 0.306 e. The Kier molecular flexibility index (Phi) is 13.3. The molecule has 6 nitrogen and oxygen atoms in total. The van der Waals surface area contributed by atoms with Gasteiger partial charge in [-0.1, -0.05) is 78.6 Å². The highest BCUT2D eigenvalue weighted by Crippen LogP contribution is 2.36. The first kappa shape index (κ1) is 28.5. The number of aliphatic hydroxyl groups is 2. The highest BCUT2D eigenvalue weighted by molar-refractivity contribution is 5.69. The molecule has 0 bridgehead atoms. The van der Waals surface area contributed by atoms with Gasteiger partial charge in [-0.3, -0.25) is 4.79 Å². The number of carbonyl (C=O) groups is 1. The van der Waals surface area contributed by atoms with E-state index in [4.69, 9.17) is 9.47 Å². The molecule has 2 saturated heterocycles. The van der Waals surface area contributed by atoms with Crippen LogP contribution in [0.3, 0.4) is 0 Å². The zero-order chi connectivity index (χ0) is 24.2. The van der Waals surface area contributed by atoms with Gasteiger partial charge in [-0.05, 0) is 44.4 Å². The second kappa shape index (κ2) is 15.3. The van der Waals surface area contributed by atoms with Crippen LogP contribution in [-0.4, -0.2) is 57.9 Å². The maximum absolute atomic E-state index is 11.6. The van der Waals surface area contributed by atoms with Crippen molar-refractivity contribution in [2.24, 2.45) is 11.8 Å². The van der Waals surface area contributed by atoms with Crippen LogP contribution in [0.2, 0.25) is 0 Å². The highest BCUT2D eigenvalue weighted by Gasteiger charge is 2.44. The lowest BCUT2D eigenvalue weighted by atomic mass is 9.84. The smallest absolute Gasteiger partial charge is 0.306 e. The van der Waals surface area contributed by atoms with Crippen molar-refractivity contribution < 1.29 is 29.6 Å². The van der Waals surface area contributed by atoms with Crippen LogP contribution in [0.4, 0.5) is 0 Å². The van der Waals surface area contributed by atoms with Gasteiger partial charge in [0.15, 0.2) is 0 Å². The lowest BCUT2D eigenvalue weighted by Gasteiger charge is -2.20. The minimum absolute atomic E-state index is 0.00730. The van der Waals surface area contributed by atoms with E-state index in [0.717, 1.165) is 64.2 Å². The Morgan fingerprint density at radius 1 is 0.727 bits per heavy atom. The second-order valence-corrected chi connectivity index (χ2v) is 10.5. The number of carboxylic acid groups (broad SMARTS) is 1. The van der Waals surface area contributed by atoms with Crippen molar-refractivity contribution in [1.82, 2.24) is 0 Å². The van der Waals surface area contributed by atoms with Crippen LogP contribution in [0.1, 0.15) is 117 Å². The van der Waals surface area contributed by atoms with Gasteiger partial charge in [-0.15, -0.1) is 0 Å². The molecule has 0 aromatic heterocycles. The average molecular weight is 471 g/mol. The number of unbranched alkanes of at least 4 members (excludes halogenated alkanes) is 6. The summed E-state index contributed by atoms with van der Waals surface area (Å²) in [4.78, 5) is 11.6. The Labute approximate surface area is 201 Å². The molecule has 2 aliphatic rings. The molecule has 0 radical (unpaired) electrons. The van der Waals surface area contributed by atoms with Gasteiger partial charge < -0.3 is 24.8 Å². The van der Waals surface area contributed by atoms with Crippen LogP contribution in [0.5, 0.6) is 0 Å². The number of epoxide rings is 2. The Morgan fingerprint density at radius 2 is 1.30 bits per heavy atom. The third-order valence-corrected chi connectivity index (χ3v) is 7.67. The molecule has 194 valence electrons. The molecule has 6 heteroatoms. The fraction of sp³-hybridized carbons (Fsp3) is 0.963. The standard InChI is InChI=1S/C27H50O6/c1-4-6-7-8-9-10-15-22(29)26-23(32-26)16-12-11-14-20(19(3)27(30)31)17-18-24-25(33-24)21(28)13-5-2/h19-26,28-29H,4-18H2,1-3H3,(H,30,31). The van der Waals surface area contributed by atoms with Gasteiger partial charge in [0, 0.05) is 0 Å². The molecule has 8 unspecified atom stereocenters.